The molecule has 0 aliphatic rings. The molecular formula is C17H15BrClNO. The lowest BCUT2D eigenvalue weighted by atomic mass is 10.2. The first-order chi connectivity index (χ1) is 10.0. The van der Waals surface area contributed by atoms with Crippen molar-refractivity contribution in [3.63, 3.8) is 0 Å². The Hall–Kier alpha value is -1.45. The maximum Gasteiger partial charge on any atom is 0.134 e. The molecule has 0 aliphatic heterocycles. The lowest BCUT2D eigenvalue weighted by Gasteiger charge is -2.14. The first-order valence-corrected chi connectivity index (χ1v) is 7.92. The number of fused-ring (bicyclic) bond motifs is 1. The summed E-state index contributed by atoms with van der Waals surface area (Å²) in [6.07, 6.45) is 0. The molecule has 1 unspecified atom stereocenters. The van der Waals surface area contributed by atoms with E-state index in [2.05, 4.69) is 34.2 Å². The fraction of sp³-hybridized carbons (Fsp3) is 0.176. The smallest absolute Gasteiger partial charge is 0.134 e. The van der Waals surface area contributed by atoms with Gasteiger partial charge in [0.1, 0.15) is 11.3 Å². The van der Waals surface area contributed by atoms with Gasteiger partial charge in [-0.3, -0.25) is 0 Å². The Kier molecular flexibility index (Phi) is 3.96. The summed E-state index contributed by atoms with van der Waals surface area (Å²) < 4.78 is 6.94. The number of aryl methyl sites for hydroxylation is 1. The molecule has 3 rings (SSSR count). The van der Waals surface area contributed by atoms with Gasteiger partial charge in [0.25, 0.3) is 0 Å². The molecule has 0 amide bonds. The number of halogens is 2. The van der Waals surface area contributed by atoms with E-state index in [-0.39, 0.29) is 6.04 Å². The zero-order valence-corrected chi connectivity index (χ0v) is 14.1. The normalized spacial score (nSPS) is 12.6. The van der Waals surface area contributed by atoms with Crippen LogP contribution in [0.15, 0.2) is 51.4 Å². The summed E-state index contributed by atoms with van der Waals surface area (Å²) in [7, 11) is 0. The summed E-state index contributed by atoms with van der Waals surface area (Å²) in [4.78, 5) is 0. The van der Waals surface area contributed by atoms with Gasteiger partial charge in [-0.05, 0) is 55.8 Å². The standard InChI is InChI=1S/C17H15BrClNO/c1-10-3-5-15(14(19)7-10)20-11(2)17-9-12-8-13(18)4-6-16(12)21-17/h3-9,11,20H,1-2H3. The molecule has 0 spiro atoms. The van der Waals surface area contributed by atoms with Crippen molar-refractivity contribution >= 4 is 44.2 Å². The third kappa shape index (κ3) is 3.09. The summed E-state index contributed by atoms with van der Waals surface area (Å²) in [5.74, 6) is 0.889. The van der Waals surface area contributed by atoms with Gasteiger partial charge in [-0.25, -0.2) is 0 Å². The first-order valence-electron chi connectivity index (χ1n) is 6.74. The quantitative estimate of drug-likeness (QED) is 0.587. The van der Waals surface area contributed by atoms with Gasteiger partial charge in [0.15, 0.2) is 0 Å². The number of hydrogen-bond acceptors (Lipinski definition) is 2. The SMILES string of the molecule is Cc1ccc(NC(C)c2cc3cc(Br)ccc3o2)c(Cl)c1. The molecule has 1 N–H and O–H groups in total. The third-order valence-electron chi connectivity index (χ3n) is 3.42. The van der Waals surface area contributed by atoms with E-state index in [0.29, 0.717) is 0 Å². The molecule has 3 aromatic rings. The second kappa shape index (κ2) is 5.74. The predicted octanol–water partition coefficient (Wildman–Crippen LogP) is 6.33. The molecule has 0 bridgehead atoms. The predicted molar refractivity (Wildman–Crippen MR) is 92.1 cm³/mol. The van der Waals surface area contributed by atoms with Crippen LogP contribution in [-0.2, 0) is 0 Å². The van der Waals surface area contributed by atoms with Crippen LogP contribution >= 0.6 is 27.5 Å². The zero-order chi connectivity index (χ0) is 15.0. The molecule has 0 fully saturated rings. The van der Waals surface area contributed by atoms with E-state index in [4.69, 9.17) is 16.0 Å². The van der Waals surface area contributed by atoms with E-state index >= 15 is 0 Å². The highest BCUT2D eigenvalue weighted by atomic mass is 79.9. The van der Waals surface area contributed by atoms with Crippen molar-refractivity contribution in [2.45, 2.75) is 19.9 Å². The van der Waals surface area contributed by atoms with E-state index in [9.17, 15) is 0 Å². The average molecular weight is 365 g/mol. The van der Waals surface area contributed by atoms with Crippen LogP contribution < -0.4 is 5.32 Å². The Morgan fingerprint density at radius 2 is 1.95 bits per heavy atom. The monoisotopic (exact) mass is 363 g/mol. The molecule has 4 heteroatoms. The molecule has 0 saturated heterocycles. The Morgan fingerprint density at radius 3 is 2.71 bits per heavy atom. The summed E-state index contributed by atoms with van der Waals surface area (Å²) in [5, 5.41) is 5.20. The van der Waals surface area contributed by atoms with Crippen LogP contribution in [0, 0.1) is 6.92 Å². The average Bonchev–Trinajstić information content (AvgIpc) is 2.85. The maximum absolute atomic E-state index is 6.26. The van der Waals surface area contributed by atoms with Crippen molar-refractivity contribution in [2.75, 3.05) is 5.32 Å². The summed E-state index contributed by atoms with van der Waals surface area (Å²) >= 11 is 9.74. The van der Waals surface area contributed by atoms with Crippen molar-refractivity contribution in [3.05, 3.63) is 63.3 Å². The Morgan fingerprint density at radius 1 is 1.14 bits per heavy atom. The summed E-state index contributed by atoms with van der Waals surface area (Å²) in [6, 6.07) is 14.1. The molecule has 1 heterocycles. The van der Waals surface area contributed by atoms with Gasteiger partial charge in [-0.15, -0.1) is 0 Å². The third-order valence-corrected chi connectivity index (χ3v) is 4.23. The highest BCUT2D eigenvalue weighted by Crippen LogP contribution is 2.30. The van der Waals surface area contributed by atoms with Gasteiger partial charge in [0.2, 0.25) is 0 Å². The van der Waals surface area contributed by atoms with Crippen molar-refractivity contribution in [1.82, 2.24) is 0 Å². The second-order valence-electron chi connectivity index (χ2n) is 5.18. The number of anilines is 1. The van der Waals surface area contributed by atoms with Crippen LogP contribution in [0.2, 0.25) is 5.02 Å². The van der Waals surface area contributed by atoms with E-state index in [0.717, 1.165) is 37.5 Å². The highest BCUT2D eigenvalue weighted by Gasteiger charge is 2.13. The van der Waals surface area contributed by atoms with Crippen molar-refractivity contribution in [2.24, 2.45) is 0 Å². The van der Waals surface area contributed by atoms with Crippen molar-refractivity contribution in [3.8, 4) is 0 Å². The molecular weight excluding hydrogens is 350 g/mol. The van der Waals surface area contributed by atoms with Crippen LogP contribution in [0.25, 0.3) is 11.0 Å². The van der Waals surface area contributed by atoms with Crippen LogP contribution in [0.4, 0.5) is 5.69 Å². The summed E-state index contributed by atoms with van der Waals surface area (Å²) in [6.45, 7) is 4.08. The molecule has 0 aliphatic carbocycles. The number of furan rings is 1. The van der Waals surface area contributed by atoms with E-state index in [1.54, 1.807) is 0 Å². The summed E-state index contributed by atoms with van der Waals surface area (Å²) in [5.41, 5.74) is 2.94. The van der Waals surface area contributed by atoms with E-state index in [1.165, 1.54) is 0 Å². The topological polar surface area (TPSA) is 25.2 Å². The molecule has 108 valence electrons. The zero-order valence-electron chi connectivity index (χ0n) is 11.8. The largest absolute Gasteiger partial charge is 0.459 e. The Labute approximate surface area is 137 Å². The fourth-order valence-electron chi connectivity index (χ4n) is 2.29. The minimum absolute atomic E-state index is 0.0383. The molecule has 1 atom stereocenters. The van der Waals surface area contributed by atoms with Gasteiger partial charge in [-0.2, -0.15) is 0 Å². The second-order valence-corrected chi connectivity index (χ2v) is 6.50. The number of rotatable bonds is 3. The molecule has 0 saturated carbocycles. The van der Waals surface area contributed by atoms with Gasteiger partial charge < -0.3 is 9.73 Å². The van der Waals surface area contributed by atoms with Crippen LogP contribution in [0.3, 0.4) is 0 Å². The molecule has 21 heavy (non-hydrogen) atoms. The molecule has 1 aromatic heterocycles. The van der Waals surface area contributed by atoms with Crippen molar-refractivity contribution < 1.29 is 4.42 Å². The fourth-order valence-corrected chi connectivity index (χ4v) is 2.96. The van der Waals surface area contributed by atoms with Gasteiger partial charge in [0, 0.05) is 9.86 Å². The Bertz CT molecular complexity index is 797. The highest BCUT2D eigenvalue weighted by molar-refractivity contribution is 9.10. The van der Waals surface area contributed by atoms with E-state index in [1.807, 2.05) is 43.3 Å². The lowest BCUT2D eigenvalue weighted by molar-refractivity contribution is 0.526. The minimum atomic E-state index is 0.0383. The molecule has 0 radical (unpaired) electrons. The minimum Gasteiger partial charge on any atom is -0.459 e. The molecule has 2 nitrogen and oxygen atoms in total. The van der Waals surface area contributed by atoms with Crippen molar-refractivity contribution in [1.29, 1.82) is 0 Å². The number of hydrogen-bond donors (Lipinski definition) is 1. The number of nitrogens with one attached hydrogen (secondary N) is 1. The Balaban J connectivity index is 1.87. The van der Waals surface area contributed by atoms with Gasteiger partial charge in [-0.1, -0.05) is 33.6 Å². The maximum atomic E-state index is 6.26. The lowest BCUT2D eigenvalue weighted by Crippen LogP contribution is -2.05. The van der Waals surface area contributed by atoms with E-state index < -0.39 is 0 Å². The van der Waals surface area contributed by atoms with Gasteiger partial charge >= 0.3 is 0 Å². The van der Waals surface area contributed by atoms with Gasteiger partial charge in [0.05, 0.1) is 16.8 Å². The first kappa shape index (κ1) is 14.5. The van der Waals surface area contributed by atoms with Crippen LogP contribution in [0.5, 0.6) is 0 Å². The molecule has 2 aromatic carbocycles. The number of benzene rings is 2. The van der Waals surface area contributed by atoms with Crippen LogP contribution in [-0.4, -0.2) is 0 Å². The van der Waals surface area contributed by atoms with Crippen LogP contribution in [0.1, 0.15) is 24.3 Å².